The largest absolute Gasteiger partial charge is 0.362 e. The van der Waals surface area contributed by atoms with Crippen molar-refractivity contribution >= 4 is 5.69 Å². The SMILES string of the molecule is CCN(c1cccc(F)c1)C(CN)c1cncn1CC. The number of rotatable bonds is 6. The van der Waals surface area contributed by atoms with E-state index in [2.05, 4.69) is 21.4 Å². The summed E-state index contributed by atoms with van der Waals surface area (Å²) >= 11 is 0. The lowest BCUT2D eigenvalue weighted by Gasteiger charge is -2.32. The van der Waals surface area contributed by atoms with E-state index < -0.39 is 0 Å². The number of hydrogen-bond donors (Lipinski definition) is 1. The molecular weight excluding hydrogens is 255 g/mol. The van der Waals surface area contributed by atoms with Gasteiger partial charge in [-0.15, -0.1) is 0 Å². The van der Waals surface area contributed by atoms with Crippen LogP contribution in [0.4, 0.5) is 10.1 Å². The zero-order valence-electron chi connectivity index (χ0n) is 12.0. The molecule has 108 valence electrons. The zero-order valence-corrected chi connectivity index (χ0v) is 12.0. The quantitative estimate of drug-likeness (QED) is 0.882. The lowest BCUT2D eigenvalue weighted by atomic mass is 10.1. The number of aromatic nitrogens is 2. The fourth-order valence-electron chi connectivity index (χ4n) is 2.52. The molecule has 0 bridgehead atoms. The highest BCUT2D eigenvalue weighted by atomic mass is 19.1. The number of likely N-dealkylation sites (N-methyl/N-ethyl adjacent to an activating group) is 1. The van der Waals surface area contributed by atoms with Gasteiger partial charge in [-0.25, -0.2) is 9.37 Å². The molecule has 1 aromatic carbocycles. The van der Waals surface area contributed by atoms with Gasteiger partial charge >= 0.3 is 0 Å². The highest BCUT2D eigenvalue weighted by Crippen LogP contribution is 2.26. The van der Waals surface area contributed by atoms with Crippen molar-refractivity contribution in [2.45, 2.75) is 26.4 Å². The first-order valence-corrected chi connectivity index (χ1v) is 6.93. The van der Waals surface area contributed by atoms with Crippen LogP contribution in [0.5, 0.6) is 0 Å². The van der Waals surface area contributed by atoms with E-state index in [0.717, 1.165) is 24.5 Å². The molecule has 4 nitrogen and oxygen atoms in total. The van der Waals surface area contributed by atoms with E-state index in [1.54, 1.807) is 18.5 Å². The third-order valence-electron chi connectivity index (χ3n) is 3.51. The maximum absolute atomic E-state index is 13.4. The summed E-state index contributed by atoms with van der Waals surface area (Å²) in [5, 5.41) is 0. The van der Waals surface area contributed by atoms with Gasteiger partial charge in [0.2, 0.25) is 0 Å². The van der Waals surface area contributed by atoms with E-state index in [9.17, 15) is 4.39 Å². The summed E-state index contributed by atoms with van der Waals surface area (Å²) in [4.78, 5) is 6.30. The second kappa shape index (κ2) is 6.52. The van der Waals surface area contributed by atoms with Crippen LogP contribution < -0.4 is 10.6 Å². The molecule has 1 atom stereocenters. The first-order chi connectivity index (χ1) is 9.71. The number of anilines is 1. The van der Waals surface area contributed by atoms with Crippen molar-refractivity contribution in [1.82, 2.24) is 9.55 Å². The molecule has 0 saturated carbocycles. The maximum Gasteiger partial charge on any atom is 0.125 e. The standard InChI is InChI=1S/C15H21FN4/c1-3-19-11-18-10-15(19)14(9-17)20(4-2)13-7-5-6-12(16)8-13/h5-8,10-11,14H,3-4,9,17H2,1-2H3. The van der Waals surface area contributed by atoms with E-state index in [0.29, 0.717) is 6.54 Å². The second-order valence-corrected chi connectivity index (χ2v) is 4.62. The summed E-state index contributed by atoms with van der Waals surface area (Å²) < 4.78 is 15.5. The smallest absolute Gasteiger partial charge is 0.125 e. The van der Waals surface area contributed by atoms with Gasteiger partial charge in [0.25, 0.3) is 0 Å². The van der Waals surface area contributed by atoms with E-state index in [1.165, 1.54) is 6.07 Å². The van der Waals surface area contributed by atoms with E-state index >= 15 is 0 Å². The normalized spacial score (nSPS) is 12.4. The molecule has 0 aliphatic heterocycles. The first-order valence-electron chi connectivity index (χ1n) is 6.93. The van der Waals surface area contributed by atoms with Gasteiger partial charge in [0.05, 0.1) is 24.3 Å². The van der Waals surface area contributed by atoms with E-state index in [1.807, 2.05) is 19.2 Å². The number of imidazole rings is 1. The van der Waals surface area contributed by atoms with Gasteiger partial charge in [-0.1, -0.05) is 6.07 Å². The van der Waals surface area contributed by atoms with Crippen molar-refractivity contribution in [3.63, 3.8) is 0 Å². The van der Waals surface area contributed by atoms with Crippen LogP contribution in [0.25, 0.3) is 0 Å². The molecule has 2 N–H and O–H groups in total. The summed E-state index contributed by atoms with van der Waals surface area (Å²) in [6.45, 7) is 6.15. The van der Waals surface area contributed by atoms with Gasteiger partial charge in [-0.2, -0.15) is 0 Å². The molecule has 2 rings (SSSR count). The fourth-order valence-corrected chi connectivity index (χ4v) is 2.52. The Labute approximate surface area is 119 Å². The molecule has 2 aromatic rings. The van der Waals surface area contributed by atoms with Crippen molar-refractivity contribution in [2.24, 2.45) is 5.73 Å². The van der Waals surface area contributed by atoms with Crippen LogP contribution in [0.3, 0.4) is 0 Å². The Morgan fingerprint density at radius 1 is 1.40 bits per heavy atom. The maximum atomic E-state index is 13.4. The number of halogens is 1. The number of aryl methyl sites for hydroxylation is 1. The Balaban J connectivity index is 2.37. The fraction of sp³-hybridized carbons (Fsp3) is 0.400. The molecule has 1 aromatic heterocycles. The highest BCUT2D eigenvalue weighted by molar-refractivity contribution is 5.48. The predicted molar refractivity (Wildman–Crippen MR) is 79.1 cm³/mol. The van der Waals surface area contributed by atoms with Crippen LogP contribution in [-0.4, -0.2) is 22.6 Å². The first kappa shape index (κ1) is 14.5. The molecule has 0 amide bonds. The molecule has 0 aliphatic carbocycles. The molecule has 0 saturated heterocycles. The molecular formula is C15H21FN4. The van der Waals surface area contributed by atoms with Gasteiger partial charge in [0.15, 0.2) is 0 Å². The van der Waals surface area contributed by atoms with E-state index in [-0.39, 0.29) is 11.9 Å². The molecule has 5 heteroatoms. The van der Waals surface area contributed by atoms with Crippen molar-refractivity contribution in [3.8, 4) is 0 Å². The molecule has 0 spiro atoms. The van der Waals surface area contributed by atoms with Gasteiger partial charge in [-0.05, 0) is 32.0 Å². The minimum Gasteiger partial charge on any atom is -0.362 e. The van der Waals surface area contributed by atoms with Crippen LogP contribution >= 0.6 is 0 Å². The molecule has 20 heavy (non-hydrogen) atoms. The second-order valence-electron chi connectivity index (χ2n) is 4.62. The summed E-state index contributed by atoms with van der Waals surface area (Å²) in [7, 11) is 0. The number of benzene rings is 1. The van der Waals surface area contributed by atoms with Crippen LogP contribution in [-0.2, 0) is 6.54 Å². The predicted octanol–water partition coefficient (Wildman–Crippen LogP) is 2.57. The molecule has 0 radical (unpaired) electrons. The number of nitrogens with two attached hydrogens (primary N) is 1. The Morgan fingerprint density at radius 3 is 2.80 bits per heavy atom. The van der Waals surface area contributed by atoms with Gasteiger partial charge < -0.3 is 15.2 Å². The molecule has 0 fully saturated rings. The highest BCUT2D eigenvalue weighted by Gasteiger charge is 2.21. The van der Waals surface area contributed by atoms with Gasteiger partial charge in [0.1, 0.15) is 5.82 Å². The van der Waals surface area contributed by atoms with E-state index in [4.69, 9.17) is 5.73 Å². The number of hydrogen-bond acceptors (Lipinski definition) is 3. The average molecular weight is 276 g/mol. The van der Waals surface area contributed by atoms with Crippen molar-refractivity contribution in [1.29, 1.82) is 0 Å². The molecule has 1 heterocycles. The van der Waals surface area contributed by atoms with Crippen LogP contribution in [0.1, 0.15) is 25.6 Å². The minimum atomic E-state index is -0.235. The van der Waals surface area contributed by atoms with Crippen LogP contribution in [0.15, 0.2) is 36.8 Å². The Bertz CT molecular complexity index is 552. The monoisotopic (exact) mass is 276 g/mol. The lowest BCUT2D eigenvalue weighted by Crippen LogP contribution is -2.35. The molecule has 1 unspecified atom stereocenters. The van der Waals surface area contributed by atoms with Crippen LogP contribution in [0.2, 0.25) is 0 Å². The van der Waals surface area contributed by atoms with Crippen molar-refractivity contribution < 1.29 is 4.39 Å². The third kappa shape index (κ3) is 2.82. The topological polar surface area (TPSA) is 47.1 Å². The third-order valence-corrected chi connectivity index (χ3v) is 3.51. The average Bonchev–Trinajstić information content (AvgIpc) is 2.92. The Kier molecular flexibility index (Phi) is 4.74. The summed E-state index contributed by atoms with van der Waals surface area (Å²) in [5.74, 6) is -0.235. The summed E-state index contributed by atoms with van der Waals surface area (Å²) in [5.41, 5.74) is 7.86. The lowest BCUT2D eigenvalue weighted by molar-refractivity contribution is 0.577. The van der Waals surface area contributed by atoms with Crippen LogP contribution in [0, 0.1) is 5.82 Å². The summed E-state index contributed by atoms with van der Waals surface area (Å²) in [6, 6.07) is 6.60. The Morgan fingerprint density at radius 2 is 2.20 bits per heavy atom. The minimum absolute atomic E-state index is 0.00995. The van der Waals surface area contributed by atoms with Gasteiger partial charge in [-0.3, -0.25) is 0 Å². The van der Waals surface area contributed by atoms with Crippen molar-refractivity contribution in [3.05, 3.63) is 48.3 Å². The summed E-state index contributed by atoms with van der Waals surface area (Å²) in [6.07, 6.45) is 3.64. The molecule has 0 aliphatic rings. The van der Waals surface area contributed by atoms with Gasteiger partial charge in [0, 0.05) is 25.3 Å². The van der Waals surface area contributed by atoms with Crippen molar-refractivity contribution in [2.75, 3.05) is 18.0 Å². The zero-order chi connectivity index (χ0) is 14.5. The number of nitrogens with zero attached hydrogens (tertiary/aromatic N) is 3. The Hall–Kier alpha value is -1.88.